The van der Waals surface area contributed by atoms with E-state index in [1.54, 1.807) is 0 Å². The zero-order chi connectivity index (χ0) is 5.82. The van der Waals surface area contributed by atoms with Crippen LogP contribution < -0.4 is 0 Å². The van der Waals surface area contributed by atoms with Gasteiger partial charge < -0.3 is 4.90 Å². The zero-order valence-corrected chi connectivity index (χ0v) is 5.04. The lowest BCUT2D eigenvalue weighted by atomic mass is 10.6. The molecule has 1 heterocycles. The standard InChI is InChI=1S/C6H10N2/c1-2-4-8-5-3-7-6-8/h2,4,6H,3,5H2,1H3/b4-2+. The molecule has 0 fully saturated rings. The van der Waals surface area contributed by atoms with Gasteiger partial charge in [-0.1, -0.05) is 6.08 Å². The first-order valence-electron chi connectivity index (χ1n) is 2.82. The molecule has 8 heavy (non-hydrogen) atoms. The predicted octanol–water partition coefficient (Wildman–Crippen LogP) is 0.864. The van der Waals surface area contributed by atoms with E-state index in [-0.39, 0.29) is 0 Å². The molecule has 1 rings (SSSR count). The largest absolute Gasteiger partial charge is 0.338 e. The van der Waals surface area contributed by atoms with E-state index in [0.29, 0.717) is 0 Å². The van der Waals surface area contributed by atoms with Gasteiger partial charge in [-0.15, -0.1) is 0 Å². The predicted molar refractivity (Wildman–Crippen MR) is 34.9 cm³/mol. The van der Waals surface area contributed by atoms with E-state index in [2.05, 4.69) is 9.89 Å². The van der Waals surface area contributed by atoms with Crippen LogP contribution in [0.1, 0.15) is 6.92 Å². The van der Waals surface area contributed by atoms with Crippen LogP contribution in [0.3, 0.4) is 0 Å². The average molecular weight is 110 g/mol. The molecule has 1 aliphatic heterocycles. The molecule has 2 heteroatoms. The normalized spacial score (nSPS) is 18.9. The quantitative estimate of drug-likeness (QED) is 0.489. The summed E-state index contributed by atoms with van der Waals surface area (Å²) in [6.07, 6.45) is 5.90. The third kappa shape index (κ3) is 1.09. The van der Waals surface area contributed by atoms with Crippen molar-refractivity contribution in [2.75, 3.05) is 13.1 Å². The zero-order valence-electron chi connectivity index (χ0n) is 5.04. The summed E-state index contributed by atoms with van der Waals surface area (Å²) < 4.78 is 0. The summed E-state index contributed by atoms with van der Waals surface area (Å²) in [5, 5.41) is 0. The molecule has 0 aromatic carbocycles. The second kappa shape index (κ2) is 2.50. The molecule has 0 amide bonds. The van der Waals surface area contributed by atoms with Crippen LogP contribution in [-0.2, 0) is 0 Å². The van der Waals surface area contributed by atoms with Gasteiger partial charge in [-0.2, -0.15) is 0 Å². The Hall–Kier alpha value is -0.790. The molecule has 0 spiro atoms. The topological polar surface area (TPSA) is 15.6 Å². The molecule has 0 unspecified atom stereocenters. The van der Waals surface area contributed by atoms with Crippen molar-refractivity contribution in [3.8, 4) is 0 Å². The van der Waals surface area contributed by atoms with Crippen LogP contribution >= 0.6 is 0 Å². The third-order valence-electron chi connectivity index (χ3n) is 1.06. The van der Waals surface area contributed by atoms with Crippen molar-refractivity contribution in [1.29, 1.82) is 0 Å². The summed E-state index contributed by atoms with van der Waals surface area (Å²) in [7, 11) is 0. The highest BCUT2D eigenvalue weighted by Crippen LogP contribution is 1.92. The van der Waals surface area contributed by atoms with Crippen LogP contribution in [0.15, 0.2) is 17.3 Å². The summed E-state index contributed by atoms with van der Waals surface area (Å²) in [5.41, 5.74) is 0. The highest BCUT2D eigenvalue weighted by molar-refractivity contribution is 5.58. The number of hydrogen-bond donors (Lipinski definition) is 0. The fourth-order valence-corrected chi connectivity index (χ4v) is 0.698. The van der Waals surface area contributed by atoms with E-state index in [4.69, 9.17) is 0 Å². The molecule has 44 valence electrons. The van der Waals surface area contributed by atoms with Gasteiger partial charge in [0.15, 0.2) is 0 Å². The van der Waals surface area contributed by atoms with Gasteiger partial charge >= 0.3 is 0 Å². The number of hydrogen-bond acceptors (Lipinski definition) is 2. The minimum Gasteiger partial charge on any atom is -0.338 e. The molecule has 0 aromatic rings. The highest BCUT2D eigenvalue weighted by atomic mass is 15.2. The molecule has 2 nitrogen and oxygen atoms in total. The van der Waals surface area contributed by atoms with Gasteiger partial charge in [0.25, 0.3) is 0 Å². The maximum Gasteiger partial charge on any atom is 0.0890 e. The van der Waals surface area contributed by atoms with Gasteiger partial charge in [0.1, 0.15) is 0 Å². The lowest BCUT2D eigenvalue weighted by molar-refractivity contribution is 0.623. The molecule has 0 radical (unpaired) electrons. The molecule has 0 aromatic heterocycles. The van der Waals surface area contributed by atoms with Gasteiger partial charge in [0.2, 0.25) is 0 Å². The summed E-state index contributed by atoms with van der Waals surface area (Å²) >= 11 is 0. The minimum atomic E-state index is 0.949. The van der Waals surface area contributed by atoms with Crippen LogP contribution in [0, 0.1) is 0 Å². The monoisotopic (exact) mass is 110 g/mol. The Bertz CT molecular complexity index is 116. The summed E-state index contributed by atoms with van der Waals surface area (Å²) in [4.78, 5) is 6.10. The first-order valence-corrected chi connectivity index (χ1v) is 2.82. The first kappa shape index (κ1) is 5.35. The van der Waals surface area contributed by atoms with Crippen LogP contribution in [0.4, 0.5) is 0 Å². The molecule has 0 N–H and O–H groups in total. The average Bonchev–Trinajstić information content (AvgIpc) is 2.19. The summed E-state index contributed by atoms with van der Waals surface area (Å²) in [6.45, 7) is 4.00. The van der Waals surface area contributed by atoms with Gasteiger partial charge in [-0.3, -0.25) is 4.99 Å². The van der Waals surface area contributed by atoms with Crippen LogP contribution in [0.5, 0.6) is 0 Å². The summed E-state index contributed by atoms with van der Waals surface area (Å²) in [6, 6.07) is 0. The van der Waals surface area contributed by atoms with Crippen molar-refractivity contribution < 1.29 is 0 Å². The fraction of sp³-hybridized carbons (Fsp3) is 0.500. The van der Waals surface area contributed by atoms with Gasteiger partial charge in [-0.05, 0) is 6.92 Å². The molecule has 1 aliphatic rings. The maximum absolute atomic E-state index is 4.03. The number of aliphatic imine (C=N–C) groups is 1. The van der Waals surface area contributed by atoms with E-state index < -0.39 is 0 Å². The van der Waals surface area contributed by atoms with E-state index in [1.165, 1.54) is 0 Å². The SMILES string of the molecule is C/C=C/N1C=NCC1. The van der Waals surface area contributed by atoms with Gasteiger partial charge in [-0.25, -0.2) is 0 Å². The highest BCUT2D eigenvalue weighted by Gasteiger charge is 1.97. The Kier molecular flexibility index (Phi) is 1.67. The van der Waals surface area contributed by atoms with Gasteiger partial charge in [0, 0.05) is 12.7 Å². The Balaban J connectivity index is 2.36. The smallest absolute Gasteiger partial charge is 0.0890 e. The Morgan fingerprint density at radius 3 is 3.12 bits per heavy atom. The number of allylic oxidation sites excluding steroid dienone is 1. The molecule has 0 saturated carbocycles. The number of rotatable bonds is 1. The van der Waals surface area contributed by atoms with E-state index in [9.17, 15) is 0 Å². The van der Waals surface area contributed by atoms with Crippen molar-refractivity contribution in [2.24, 2.45) is 4.99 Å². The maximum atomic E-state index is 4.03. The number of nitrogens with zero attached hydrogens (tertiary/aromatic N) is 2. The van der Waals surface area contributed by atoms with Crippen molar-refractivity contribution >= 4 is 6.34 Å². The fourth-order valence-electron chi connectivity index (χ4n) is 0.698. The van der Waals surface area contributed by atoms with E-state index in [1.807, 2.05) is 25.5 Å². The van der Waals surface area contributed by atoms with Crippen LogP contribution in [-0.4, -0.2) is 24.3 Å². The first-order chi connectivity index (χ1) is 3.93. The second-order valence-corrected chi connectivity index (χ2v) is 1.74. The molecule has 0 aliphatic carbocycles. The van der Waals surface area contributed by atoms with Crippen LogP contribution in [0.25, 0.3) is 0 Å². The lowest BCUT2D eigenvalue weighted by Gasteiger charge is -2.03. The van der Waals surface area contributed by atoms with E-state index >= 15 is 0 Å². The van der Waals surface area contributed by atoms with Crippen molar-refractivity contribution in [1.82, 2.24) is 4.90 Å². The second-order valence-electron chi connectivity index (χ2n) is 1.74. The molecule has 0 bridgehead atoms. The molecular weight excluding hydrogens is 100 g/mol. The van der Waals surface area contributed by atoms with Crippen molar-refractivity contribution in [2.45, 2.75) is 6.92 Å². The van der Waals surface area contributed by atoms with Crippen molar-refractivity contribution in [3.05, 3.63) is 12.3 Å². The molecule has 0 atom stereocenters. The minimum absolute atomic E-state index is 0.949. The lowest BCUT2D eigenvalue weighted by Crippen LogP contribution is -2.10. The van der Waals surface area contributed by atoms with Crippen molar-refractivity contribution in [3.63, 3.8) is 0 Å². The van der Waals surface area contributed by atoms with Gasteiger partial charge in [0.05, 0.1) is 12.9 Å². The molecule has 0 saturated heterocycles. The van der Waals surface area contributed by atoms with E-state index in [0.717, 1.165) is 13.1 Å². The Morgan fingerprint density at radius 1 is 1.75 bits per heavy atom. The Labute approximate surface area is 49.5 Å². The third-order valence-corrected chi connectivity index (χ3v) is 1.06. The summed E-state index contributed by atoms with van der Waals surface area (Å²) in [5.74, 6) is 0. The Morgan fingerprint density at radius 2 is 2.62 bits per heavy atom. The molecular formula is C6H10N2. The van der Waals surface area contributed by atoms with Crippen LogP contribution in [0.2, 0.25) is 0 Å².